The molecule has 0 spiro atoms. The monoisotopic (exact) mass is 430 g/mol. The lowest BCUT2D eigenvalue weighted by Gasteiger charge is -2.57. The molecule has 0 atom stereocenters. The van der Waals surface area contributed by atoms with E-state index in [1.54, 1.807) is 18.2 Å². The molecule has 0 saturated heterocycles. The molecule has 1 N–H and O–H groups in total. The SMILES string of the molecule is COC(=O)c1ccc2oc(-c3ccc(O)c(C45CC6CC(CC(C6)C4)C5)c3)cc(=O)c2c1. The van der Waals surface area contributed by atoms with Crippen LogP contribution in [0.2, 0.25) is 0 Å². The Bertz CT molecular complexity index is 1270. The van der Waals surface area contributed by atoms with E-state index in [2.05, 4.69) is 0 Å². The Morgan fingerprint density at radius 2 is 1.69 bits per heavy atom. The fraction of sp³-hybridized carbons (Fsp3) is 0.407. The number of benzene rings is 2. The molecular formula is C27H26O5. The van der Waals surface area contributed by atoms with Crippen molar-refractivity contribution in [3.63, 3.8) is 0 Å². The Kier molecular flexibility index (Phi) is 4.26. The highest BCUT2D eigenvalue weighted by molar-refractivity contribution is 5.94. The van der Waals surface area contributed by atoms with Gasteiger partial charge in [0, 0.05) is 17.2 Å². The van der Waals surface area contributed by atoms with Crippen LogP contribution in [0.3, 0.4) is 0 Å². The molecule has 4 fully saturated rings. The van der Waals surface area contributed by atoms with Crippen molar-refractivity contribution in [2.24, 2.45) is 17.8 Å². The first-order chi connectivity index (χ1) is 15.4. The van der Waals surface area contributed by atoms with Crippen LogP contribution in [-0.4, -0.2) is 18.2 Å². The summed E-state index contributed by atoms with van der Waals surface area (Å²) in [6.45, 7) is 0. The van der Waals surface area contributed by atoms with Gasteiger partial charge in [-0.3, -0.25) is 4.79 Å². The third-order valence-electron chi connectivity index (χ3n) is 8.04. The van der Waals surface area contributed by atoms with E-state index in [9.17, 15) is 14.7 Å². The van der Waals surface area contributed by atoms with Crippen molar-refractivity contribution >= 4 is 16.9 Å². The number of aromatic hydroxyl groups is 1. The summed E-state index contributed by atoms with van der Waals surface area (Å²) < 4.78 is 10.8. The minimum Gasteiger partial charge on any atom is -0.508 e. The minimum atomic E-state index is -0.492. The van der Waals surface area contributed by atoms with Gasteiger partial charge >= 0.3 is 5.97 Å². The van der Waals surface area contributed by atoms with Gasteiger partial charge in [0.05, 0.1) is 18.1 Å². The largest absolute Gasteiger partial charge is 0.508 e. The molecule has 5 nitrogen and oxygen atoms in total. The van der Waals surface area contributed by atoms with E-state index in [-0.39, 0.29) is 10.8 Å². The summed E-state index contributed by atoms with van der Waals surface area (Å²) in [5, 5.41) is 11.2. The number of phenols is 1. The third kappa shape index (κ3) is 2.98. The third-order valence-corrected chi connectivity index (χ3v) is 8.04. The van der Waals surface area contributed by atoms with E-state index in [1.807, 2.05) is 12.1 Å². The Morgan fingerprint density at radius 1 is 1.00 bits per heavy atom. The van der Waals surface area contributed by atoms with Crippen LogP contribution in [0.4, 0.5) is 0 Å². The Labute approximate surface area is 186 Å². The zero-order valence-electron chi connectivity index (χ0n) is 18.1. The van der Waals surface area contributed by atoms with Gasteiger partial charge < -0.3 is 14.3 Å². The lowest BCUT2D eigenvalue weighted by atomic mass is 9.48. The van der Waals surface area contributed by atoms with Gasteiger partial charge in [-0.2, -0.15) is 0 Å². The summed E-state index contributed by atoms with van der Waals surface area (Å²) in [6, 6.07) is 11.8. The predicted molar refractivity (Wildman–Crippen MR) is 121 cm³/mol. The van der Waals surface area contributed by atoms with E-state index < -0.39 is 5.97 Å². The molecule has 5 heteroatoms. The molecule has 3 aromatic rings. The number of hydrogen-bond donors (Lipinski definition) is 1. The molecule has 4 bridgehead atoms. The molecular weight excluding hydrogens is 404 g/mol. The molecule has 0 amide bonds. The highest BCUT2D eigenvalue weighted by atomic mass is 16.5. The number of carbonyl (C=O) groups excluding carboxylic acids is 1. The highest BCUT2D eigenvalue weighted by Crippen LogP contribution is 2.62. The maximum Gasteiger partial charge on any atom is 0.337 e. The zero-order valence-corrected chi connectivity index (χ0v) is 18.1. The van der Waals surface area contributed by atoms with Crippen LogP contribution < -0.4 is 5.43 Å². The van der Waals surface area contributed by atoms with Gasteiger partial charge in [-0.25, -0.2) is 4.79 Å². The second-order valence-corrected chi connectivity index (χ2v) is 10.1. The number of hydrogen-bond acceptors (Lipinski definition) is 5. The number of esters is 1. The number of carbonyl (C=O) groups is 1. The molecule has 7 rings (SSSR count). The lowest BCUT2D eigenvalue weighted by molar-refractivity contribution is -0.00611. The Morgan fingerprint density at radius 3 is 2.34 bits per heavy atom. The van der Waals surface area contributed by atoms with E-state index in [1.165, 1.54) is 38.5 Å². The van der Waals surface area contributed by atoms with Crippen LogP contribution in [0.15, 0.2) is 51.7 Å². The number of phenolic OH excluding ortho intramolecular Hbond substituents is 1. The summed E-state index contributed by atoms with van der Waals surface area (Å²) in [7, 11) is 1.31. The second-order valence-electron chi connectivity index (χ2n) is 10.1. The van der Waals surface area contributed by atoms with Crippen molar-refractivity contribution < 1.29 is 19.1 Å². The molecule has 0 radical (unpaired) electrons. The van der Waals surface area contributed by atoms with Gasteiger partial charge in [-0.1, -0.05) is 0 Å². The van der Waals surface area contributed by atoms with Crippen LogP contribution in [0.25, 0.3) is 22.3 Å². The molecule has 2 aromatic carbocycles. The summed E-state index contributed by atoms with van der Waals surface area (Å²) in [5.41, 5.74) is 2.37. The Balaban J connectivity index is 1.43. The summed E-state index contributed by atoms with van der Waals surface area (Å²) >= 11 is 0. The van der Waals surface area contributed by atoms with Gasteiger partial charge in [-0.15, -0.1) is 0 Å². The second kappa shape index (κ2) is 6.96. The van der Waals surface area contributed by atoms with Gasteiger partial charge in [0.25, 0.3) is 0 Å². The van der Waals surface area contributed by atoms with Crippen LogP contribution in [0.1, 0.15) is 54.4 Å². The number of ether oxygens (including phenoxy) is 1. The number of methoxy groups -OCH3 is 1. The summed E-state index contributed by atoms with van der Waals surface area (Å²) in [4.78, 5) is 24.7. The fourth-order valence-electron chi connectivity index (χ4n) is 7.10. The first-order valence-corrected chi connectivity index (χ1v) is 11.4. The molecule has 0 unspecified atom stereocenters. The quantitative estimate of drug-likeness (QED) is 0.562. The summed E-state index contributed by atoms with van der Waals surface area (Å²) in [5.74, 6) is 2.64. The predicted octanol–water partition coefficient (Wildman–Crippen LogP) is 5.42. The molecule has 4 saturated carbocycles. The van der Waals surface area contributed by atoms with Crippen molar-refractivity contribution in [1.29, 1.82) is 0 Å². The molecule has 1 heterocycles. The van der Waals surface area contributed by atoms with Crippen LogP contribution in [0.5, 0.6) is 5.75 Å². The van der Waals surface area contributed by atoms with Crippen molar-refractivity contribution in [1.82, 2.24) is 0 Å². The van der Waals surface area contributed by atoms with Crippen molar-refractivity contribution in [2.45, 2.75) is 43.9 Å². The van der Waals surface area contributed by atoms with Gasteiger partial charge in [-0.05, 0) is 98.1 Å². The molecule has 164 valence electrons. The van der Waals surface area contributed by atoms with Crippen LogP contribution >= 0.6 is 0 Å². The van der Waals surface area contributed by atoms with E-state index in [0.29, 0.717) is 28.0 Å². The van der Waals surface area contributed by atoms with E-state index in [4.69, 9.17) is 9.15 Å². The Hall–Kier alpha value is -3.08. The number of rotatable bonds is 3. The number of fused-ring (bicyclic) bond motifs is 1. The van der Waals surface area contributed by atoms with Crippen LogP contribution in [0, 0.1) is 17.8 Å². The van der Waals surface area contributed by atoms with Crippen LogP contribution in [-0.2, 0) is 10.2 Å². The van der Waals surface area contributed by atoms with E-state index in [0.717, 1.165) is 48.1 Å². The normalized spacial score (nSPS) is 28.2. The van der Waals surface area contributed by atoms with Gasteiger partial charge in [0.15, 0.2) is 5.43 Å². The highest BCUT2D eigenvalue weighted by Gasteiger charge is 2.52. The fourth-order valence-corrected chi connectivity index (χ4v) is 7.10. The van der Waals surface area contributed by atoms with Crippen molar-refractivity contribution in [3.8, 4) is 17.1 Å². The summed E-state index contributed by atoms with van der Waals surface area (Å²) in [6.07, 6.45) is 7.46. The maximum atomic E-state index is 12.8. The first-order valence-electron chi connectivity index (χ1n) is 11.4. The smallest absolute Gasteiger partial charge is 0.337 e. The first kappa shape index (κ1) is 19.6. The van der Waals surface area contributed by atoms with Crippen molar-refractivity contribution in [3.05, 3.63) is 63.8 Å². The average molecular weight is 431 g/mol. The lowest BCUT2D eigenvalue weighted by Crippen LogP contribution is -2.48. The molecule has 4 aliphatic carbocycles. The van der Waals surface area contributed by atoms with Gasteiger partial charge in [0.1, 0.15) is 17.1 Å². The minimum absolute atomic E-state index is 0.0431. The standard InChI is InChI=1S/C27H26O5/c1-31-26(30)19-3-5-24-20(9-19)23(29)11-25(32-24)18-2-4-22(28)21(10-18)27-12-15-6-16(13-27)8-17(7-15)14-27/h2-5,9-11,15-17,28H,6-8,12-14H2,1H3. The molecule has 1 aromatic heterocycles. The topological polar surface area (TPSA) is 76.7 Å². The van der Waals surface area contributed by atoms with Crippen molar-refractivity contribution in [2.75, 3.05) is 7.11 Å². The van der Waals surface area contributed by atoms with Gasteiger partial charge in [0.2, 0.25) is 0 Å². The zero-order chi connectivity index (χ0) is 22.0. The molecule has 0 aliphatic heterocycles. The maximum absolute atomic E-state index is 12.8. The molecule has 4 aliphatic rings. The molecule has 32 heavy (non-hydrogen) atoms. The average Bonchev–Trinajstić information content (AvgIpc) is 2.77. The van der Waals surface area contributed by atoms with E-state index >= 15 is 0 Å².